The number of alkyl halides is 3. The highest BCUT2D eigenvalue weighted by molar-refractivity contribution is 5.78. The Bertz CT molecular complexity index is 691. The minimum absolute atomic E-state index is 0.159. The lowest BCUT2D eigenvalue weighted by atomic mass is 10.1. The van der Waals surface area contributed by atoms with Crippen LogP contribution in [0.4, 0.5) is 17.6 Å². The Kier molecular flexibility index (Phi) is 4.79. The number of ether oxygens (including phenoxy) is 1. The highest BCUT2D eigenvalue weighted by atomic mass is 19.4. The molecule has 1 aromatic rings. The number of halogens is 4. The van der Waals surface area contributed by atoms with Gasteiger partial charge in [-0.1, -0.05) is 19.8 Å². The van der Waals surface area contributed by atoms with Crippen LogP contribution >= 0.6 is 0 Å². The molecule has 1 aromatic heterocycles. The van der Waals surface area contributed by atoms with Gasteiger partial charge in [-0.05, 0) is 29.5 Å². The van der Waals surface area contributed by atoms with Crippen LogP contribution in [-0.2, 0) is 22.6 Å². The number of esters is 1. The van der Waals surface area contributed by atoms with Gasteiger partial charge in [0.05, 0.1) is 12.3 Å². The van der Waals surface area contributed by atoms with Crippen molar-refractivity contribution in [1.29, 1.82) is 0 Å². The second-order valence-electron chi connectivity index (χ2n) is 6.19. The summed E-state index contributed by atoms with van der Waals surface area (Å²) in [6.07, 6.45) is 0.844. The largest absolute Gasteiger partial charge is 0.461 e. The molecule has 0 radical (unpaired) electrons. The predicted octanol–water partition coefficient (Wildman–Crippen LogP) is 4.19. The van der Waals surface area contributed by atoms with Crippen molar-refractivity contribution in [3.8, 4) is 12.3 Å². The van der Waals surface area contributed by atoms with E-state index in [2.05, 4.69) is 5.92 Å². The van der Waals surface area contributed by atoms with Crippen LogP contribution in [0.3, 0.4) is 0 Å². The Labute approximate surface area is 136 Å². The minimum atomic E-state index is -5.05. The van der Waals surface area contributed by atoms with Crippen LogP contribution in [-0.4, -0.2) is 12.1 Å². The maximum atomic E-state index is 13.1. The van der Waals surface area contributed by atoms with Gasteiger partial charge in [0.2, 0.25) is 0 Å². The summed E-state index contributed by atoms with van der Waals surface area (Å²) in [7, 11) is 0. The number of hydrogen-bond acceptors (Lipinski definition) is 3. The van der Waals surface area contributed by atoms with Crippen LogP contribution in [0.2, 0.25) is 0 Å². The monoisotopic (exact) mass is 344 g/mol. The van der Waals surface area contributed by atoms with Crippen LogP contribution in [0.25, 0.3) is 0 Å². The van der Waals surface area contributed by atoms with Crippen molar-refractivity contribution in [2.24, 2.45) is 17.3 Å². The van der Waals surface area contributed by atoms with Gasteiger partial charge in [-0.2, -0.15) is 13.2 Å². The second-order valence-corrected chi connectivity index (χ2v) is 6.19. The lowest BCUT2D eigenvalue weighted by Crippen LogP contribution is -2.11. The van der Waals surface area contributed by atoms with Gasteiger partial charge in [-0.25, -0.2) is 4.39 Å². The van der Waals surface area contributed by atoms with E-state index in [1.165, 1.54) is 0 Å². The molecule has 0 saturated heterocycles. The number of rotatable bonds is 5. The summed E-state index contributed by atoms with van der Waals surface area (Å²) >= 11 is 0. The first-order valence-corrected chi connectivity index (χ1v) is 7.19. The molecular weight excluding hydrogens is 328 g/mol. The molecule has 0 N–H and O–H groups in total. The highest BCUT2D eigenvalue weighted by Gasteiger charge is 2.62. The van der Waals surface area contributed by atoms with Crippen molar-refractivity contribution in [1.82, 2.24) is 0 Å². The molecule has 2 atom stereocenters. The molecule has 0 bridgehead atoms. The smallest absolute Gasteiger partial charge is 0.442 e. The standard InChI is InChI=1S/C17H16F4O3/c1-4-5-10-6-7-11(24-10)9-23-15(22)14-12(16(14,2)3)8-13(18)17(19,20)21/h1,6-8,12,14H,5,9H2,2-3H3. The Morgan fingerprint density at radius 3 is 2.62 bits per heavy atom. The first kappa shape index (κ1) is 18.1. The van der Waals surface area contributed by atoms with Crippen LogP contribution < -0.4 is 0 Å². The lowest BCUT2D eigenvalue weighted by molar-refractivity contribution is -0.148. The fourth-order valence-corrected chi connectivity index (χ4v) is 2.62. The highest BCUT2D eigenvalue weighted by Crippen LogP contribution is 2.60. The van der Waals surface area contributed by atoms with Gasteiger partial charge in [0.1, 0.15) is 18.1 Å². The number of furan rings is 1. The van der Waals surface area contributed by atoms with Gasteiger partial charge in [-0.3, -0.25) is 4.79 Å². The molecule has 0 amide bonds. The SMILES string of the molecule is C#CCc1ccc(COC(=O)C2C(C=C(F)C(F)(F)F)C2(C)C)o1. The Morgan fingerprint density at radius 1 is 1.42 bits per heavy atom. The molecule has 0 aromatic carbocycles. The molecule has 7 heteroatoms. The fraction of sp³-hybridized carbons (Fsp3) is 0.471. The van der Waals surface area contributed by atoms with E-state index in [9.17, 15) is 22.4 Å². The van der Waals surface area contributed by atoms with Crippen molar-refractivity contribution in [2.45, 2.75) is 33.1 Å². The summed E-state index contributed by atoms with van der Waals surface area (Å²) < 4.78 is 60.2. The second kappa shape index (κ2) is 6.34. The van der Waals surface area contributed by atoms with Crippen LogP contribution in [0.5, 0.6) is 0 Å². The third-order valence-electron chi connectivity index (χ3n) is 4.11. The molecule has 1 saturated carbocycles. The summed E-state index contributed by atoms with van der Waals surface area (Å²) in [4.78, 5) is 12.0. The van der Waals surface area contributed by atoms with E-state index >= 15 is 0 Å². The van der Waals surface area contributed by atoms with Gasteiger partial charge in [0, 0.05) is 0 Å². The molecule has 1 aliphatic carbocycles. The first-order chi connectivity index (χ1) is 11.1. The maximum absolute atomic E-state index is 13.1. The number of carbonyl (C=O) groups excluding carboxylic acids is 1. The van der Waals surface area contributed by atoms with E-state index in [1.54, 1.807) is 26.0 Å². The summed E-state index contributed by atoms with van der Waals surface area (Å²) in [5.41, 5.74) is -0.794. The molecule has 1 heterocycles. The van der Waals surface area contributed by atoms with Gasteiger partial charge < -0.3 is 9.15 Å². The Hall–Kier alpha value is -2.23. The van der Waals surface area contributed by atoms with Crippen molar-refractivity contribution in [3.05, 3.63) is 35.6 Å². The molecule has 2 unspecified atom stereocenters. The lowest BCUT2D eigenvalue weighted by Gasteiger charge is -2.03. The molecule has 130 valence electrons. The normalized spacial score (nSPS) is 22.8. The van der Waals surface area contributed by atoms with Crippen molar-refractivity contribution in [3.63, 3.8) is 0 Å². The molecule has 3 nitrogen and oxygen atoms in total. The summed E-state index contributed by atoms with van der Waals surface area (Å²) in [6.45, 7) is 3.01. The van der Waals surface area contributed by atoms with E-state index in [4.69, 9.17) is 15.6 Å². The maximum Gasteiger partial charge on any atom is 0.442 e. The molecule has 1 aliphatic rings. The Morgan fingerprint density at radius 2 is 2.04 bits per heavy atom. The third-order valence-corrected chi connectivity index (χ3v) is 4.11. The van der Waals surface area contributed by atoms with Crippen LogP contribution in [0, 0.1) is 29.6 Å². The van der Waals surface area contributed by atoms with Gasteiger partial charge >= 0.3 is 12.1 Å². The van der Waals surface area contributed by atoms with Gasteiger partial charge in [-0.15, -0.1) is 6.42 Å². The fourth-order valence-electron chi connectivity index (χ4n) is 2.62. The zero-order valence-corrected chi connectivity index (χ0v) is 13.1. The average Bonchev–Trinajstić information content (AvgIpc) is 2.82. The van der Waals surface area contributed by atoms with E-state index in [0.717, 1.165) is 0 Å². The zero-order chi connectivity index (χ0) is 18.1. The Balaban J connectivity index is 1.96. The number of hydrogen-bond donors (Lipinski definition) is 0. The van der Waals surface area contributed by atoms with Crippen molar-refractivity contribution >= 4 is 5.97 Å². The van der Waals surface area contributed by atoms with Crippen LogP contribution in [0.15, 0.2) is 28.5 Å². The molecular formula is C17H16F4O3. The van der Waals surface area contributed by atoms with E-state index in [1.807, 2.05) is 0 Å². The summed E-state index contributed by atoms with van der Waals surface area (Å²) in [6, 6.07) is 3.24. The van der Waals surface area contributed by atoms with E-state index < -0.39 is 35.2 Å². The van der Waals surface area contributed by atoms with Gasteiger partial charge in [0.15, 0.2) is 5.83 Å². The summed E-state index contributed by atoms with van der Waals surface area (Å²) in [5.74, 6) is -1.25. The molecule has 2 rings (SSSR count). The predicted molar refractivity (Wildman–Crippen MR) is 77.0 cm³/mol. The third kappa shape index (κ3) is 3.81. The molecule has 1 fully saturated rings. The van der Waals surface area contributed by atoms with E-state index in [0.29, 0.717) is 24.0 Å². The van der Waals surface area contributed by atoms with Crippen LogP contribution in [0.1, 0.15) is 25.4 Å². The van der Waals surface area contributed by atoms with Crippen molar-refractivity contribution in [2.75, 3.05) is 0 Å². The number of carbonyl (C=O) groups is 1. The molecule has 24 heavy (non-hydrogen) atoms. The van der Waals surface area contributed by atoms with Crippen molar-refractivity contribution < 1.29 is 31.5 Å². The van der Waals surface area contributed by atoms with E-state index in [-0.39, 0.29) is 6.61 Å². The number of allylic oxidation sites excluding steroid dienone is 2. The molecule has 0 spiro atoms. The number of terminal acetylenes is 1. The quantitative estimate of drug-likeness (QED) is 0.457. The first-order valence-electron chi connectivity index (χ1n) is 7.19. The zero-order valence-electron chi connectivity index (χ0n) is 13.1. The average molecular weight is 344 g/mol. The summed E-state index contributed by atoms with van der Waals surface area (Å²) in [5, 5.41) is 0. The topological polar surface area (TPSA) is 39.4 Å². The van der Waals surface area contributed by atoms with Gasteiger partial charge in [0.25, 0.3) is 0 Å². The minimum Gasteiger partial charge on any atom is -0.461 e. The molecule has 0 aliphatic heterocycles.